The molecule has 82 valence electrons. The Bertz CT molecular complexity index is 199. The van der Waals surface area contributed by atoms with E-state index in [1.54, 1.807) is 0 Å². The summed E-state index contributed by atoms with van der Waals surface area (Å²) >= 11 is 7.48. The summed E-state index contributed by atoms with van der Waals surface area (Å²) < 4.78 is 0. The van der Waals surface area contributed by atoms with Gasteiger partial charge in [-0.1, -0.05) is 38.5 Å². The minimum Gasteiger partial charge on any atom is -0.343 e. The van der Waals surface area contributed by atoms with Crippen LogP contribution in [0.3, 0.4) is 0 Å². The van der Waals surface area contributed by atoms with Gasteiger partial charge in [-0.15, -0.1) is 11.6 Å². The third-order valence-electron chi connectivity index (χ3n) is 2.33. The minimum absolute atomic E-state index is 0.0672. The third kappa shape index (κ3) is 4.09. The average molecular weight is 236 g/mol. The highest BCUT2D eigenvalue weighted by Gasteiger charge is 2.24. The first-order chi connectivity index (χ1) is 6.59. The predicted molar refractivity (Wildman–Crippen MR) is 63.2 cm³/mol. The van der Waals surface area contributed by atoms with Gasteiger partial charge in [0.05, 0.1) is 5.38 Å². The molecule has 0 unspecified atom stereocenters. The molecule has 0 heterocycles. The molecular formula is C10H18ClNOS. The first-order valence-corrected chi connectivity index (χ1v) is 6.52. The van der Waals surface area contributed by atoms with Crippen LogP contribution in [0.4, 0.5) is 4.79 Å². The van der Waals surface area contributed by atoms with Crippen LogP contribution >= 0.6 is 23.4 Å². The molecule has 0 aromatic rings. The van der Waals surface area contributed by atoms with E-state index >= 15 is 0 Å². The molecule has 2 atom stereocenters. The van der Waals surface area contributed by atoms with E-state index in [1.807, 2.05) is 13.8 Å². The van der Waals surface area contributed by atoms with Crippen molar-refractivity contribution in [3.63, 3.8) is 0 Å². The molecule has 1 fully saturated rings. The van der Waals surface area contributed by atoms with Crippen LogP contribution in [0.5, 0.6) is 0 Å². The van der Waals surface area contributed by atoms with Crippen molar-refractivity contribution in [1.29, 1.82) is 0 Å². The maximum atomic E-state index is 11.5. The zero-order valence-electron chi connectivity index (χ0n) is 8.75. The van der Waals surface area contributed by atoms with E-state index in [0.717, 1.165) is 12.8 Å². The van der Waals surface area contributed by atoms with E-state index < -0.39 is 0 Å². The van der Waals surface area contributed by atoms with Crippen LogP contribution in [0.25, 0.3) is 0 Å². The summed E-state index contributed by atoms with van der Waals surface area (Å²) in [6.45, 7) is 4.03. The second kappa shape index (κ2) is 5.86. The molecule has 4 heteroatoms. The number of carbonyl (C=O) groups is 1. The van der Waals surface area contributed by atoms with Gasteiger partial charge in [-0.05, 0) is 12.8 Å². The van der Waals surface area contributed by atoms with Gasteiger partial charge in [0.2, 0.25) is 0 Å². The van der Waals surface area contributed by atoms with Crippen LogP contribution < -0.4 is 5.32 Å². The van der Waals surface area contributed by atoms with Crippen molar-refractivity contribution in [2.45, 2.75) is 56.2 Å². The standard InChI is InChI=1S/C10H18ClNOS/c1-7(2)14-10(13)12-9-6-4-3-5-8(9)11/h7-9H,3-6H2,1-2H3,(H,12,13)/t8-,9+/m0/s1. The Hall–Kier alpha value is 0.110. The Labute approximate surface area is 95.2 Å². The average Bonchev–Trinajstić information content (AvgIpc) is 2.07. The molecule has 1 aliphatic carbocycles. The van der Waals surface area contributed by atoms with Gasteiger partial charge < -0.3 is 5.32 Å². The lowest BCUT2D eigenvalue weighted by molar-refractivity contribution is 0.253. The van der Waals surface area contributed by atoms with Gasteiger partial charge >= 0.3 is 0 Å². The lowest BCUT2D eigenvalue weighted by atomic mass is 9.95. The second-order valence-electron chi connectivity index (χ2n) is 4.01. The van der Waals surface area contributed by atoms with Gasteiger partial charge in [-0.2, -0.15) is 0 Å². The van der Waals surface area contributed by atoms with Gasteiger partial charge in [0.15, 0.2) is 0 Å². The molecule has 0 bridgehead atoms. The number of hydrogen-bond donors (Lipinski definition) is 1. The van der Waals surface area contributed by atoms with Gasteiger partial charge in [-0.3, -0.25) is 4.79 Å². The summed E-state index contributed by atoms with van der Waals surface area (Å²) in [5, 5.41) is 3.52. The van der Waals surface area contributed by atoms with Crippen molar-refractivity contribution >= 4 is 28.6 Å². The molecule has 0 aromatic carbocycles. The van der Waals surface area contributed by atoms with Crippen molar-refractivity contribution < 1.29 is 4.79 Å². The van der Waals surface area contributed by atoms with Gasteiger partial charge in [0.25, 0.3) is 5.24 Å². The van der Waals surface area contributed by atoms with Crippen LogP contribution in [0.1, 0.15) is 39.5 Å². The van der Waals surface area contributed by atoms with E-state index in [0.29, 0.717) is 5.25 Å². The molecular weight excluding hydrogens is 218 g/mol. The monoisotopic (exact) mass is 235 g/mol. The van der Waals surface area contributed by atoms with Crippen LogP contribution in [0.15, 0.2) is 0 Å². The van der Waals surface area contributed by atoms with Crippen LogP contribution in [0, 0.1) is 0 Å². The second-order valence-corrected chi connectivity index (χ2v) is 6.12. The molecule has 0 aliphatic heterocycles. The minimum atomic E-state index is 0.0672. The SMILES string of the molecule is CC(C)SC(=O)N[C@@H]1CCCC[C@@H]1Cl. The number of amides is 1. The summed E-state index contributed by atoms with van der Waals surface area (Å²) in [4.78, 5) is 11.5. The normalized spacial score (nSPS) is 27.7. The quantitative estimate of drug-likeness (QED) is 0.744. The maximum Gasteiger partial charge on any atom is 0.279 e. The molecule has 1 N–H and O–H groups in total. The fraction of sp³-hybridized carbons (Fsp3) is 0.900. The Morgan fingerprint density at radius 1 is 1.43 bits per heavy atom. The lowest BCUT2D eigenvalue weighted by Gasteiger charge is -2.27. The highest BCUT2D eigenvalue weighted by Crippen LogP contribution is 2.24. The van der Waals surface area contributed by atoms with E-state index in [-0.39, 0.29) is 16.7 Å². The summed E-state index contributed by atoms with van der Waals surface area (Å²) in [6, 6.07) is 0.184. The molecule has 1 saturated carbocycles. The summed E-state index contributed by atoms with van der Waals surface area (Å²) in [7, 11) is 0. The molecule has 2 nitrogen and oxygen atoms in total. The number of hydrogen-bond acceptors (Lipinski definition) is 2. The number of halogens is 1. The first-order valence-electron chi connectivity index (χ1n) is 5.21. The van der Waals surface area contributed by atoms with Gasteiger partial charge in [0, 0.05) is 11.3 Å². The van der Waals surface area contributed by atoms with Crippen molar-refractivity contribution in [1.82, 2.24) is 5.32 Å². The molecule has 1 aliphatic rings. The fourth-order valence-electron chi connectivity index (χ4n) is 1.65. The molecule has 0 aromatic heterocycles. The Morgan fingerprint density at radius 2 is 2.07 bits per heavy atom. The maximum absolute atomic E-state index is 11.5. The van der Waals surface area contributed by atoms with Gasteiger partial charge in [0.1, 0.15) is 0 Å². The predicted octanol–water partition coefficient (Wildman–Crippen LogP) is 3.39. The number of nitrogens with one attached hydrogen (secondary N) is 1. The van der Waals surface area contributed by atoms with E-state index in [1.165, 1.54) is 24.6 Å². The van der Waals surface area contributed by atoms with E-state index in [2.05, 4.69) is 5.32 Å². The number of rotatable bonds is 2. The largest absolute Gasteiger partial charge is 0.343 e. The molecule has 0 spiro atoms. The van der Waals surface area contributed by atoms with Crippen LogP contribution in [0.2, 0.25) is 0 Å². The smallest absolute Gasteiger partial charge is 0.279 e. The Balaban J connectivity index is 2.31. The number of thioether (sulfide) groups is 1. The van der Waals surface area contributed by atoms with Crippen molar-refractivity contribution in [3.05, 3.63) is 0 Å². The van der Waals surface area contributed by atoms with Crippen molar-refractivity contribution in [3.8, 4) is 0 Å². The van der Waals surface area contributed by atoms with Gasteiger partial charge in [-0.25, -0.2) is 0 Å². The topological polar surface area (TPSA) is 29.1 Å². The van der Waals surface area contributed by atoms with Crippen molar-refractivity contribution in [2.24, 2.45) is 0 Å². The molecule has 0 radical (unpaired) electrons. The highest BCUT2D eigenvalue weighted by atomic mass is 35.5. The van der Waals surface area contributed by atoms with Crippen LogP contribution in [-0.2, 0) is 0 Å². The van der Waals surface area contributed by atoms with Crippen LogP contribution in [-0.4, -0.2) is 21.9 Å². The highest BCUT2D eigenvalue weighted by molar-refractivity contribution is 8.14. The fourth-order valence-corrected chi connectivity index (χ4v) is 2.64. The zero-order chi connectivity index (χ0) is 10.6. The van der Waals surface area contributed by atoms with E-state index in [4.69, 9.17) is 11.6 Å². The molecule has 14 heavy (non-hydrogen) atoms. The summed E-state index contributed by atoms with van der Waals surface area (Å²) in [5.41, 5.74) is 0. The zero-order valence-corrected chi connectivity index (χ0v) is 10.3. The molecule has 1 rings (SSSR count). The Kier molecular flexibility index (Phi) is 5.10. The van der Waals surface area contributed by atoms with Crippen molar-refractivity contribution in [2.75, 3.05) is 0 Å². The third-order valence-corrected chi connectivity index (χ3v) is 3.65. The first kappa shape index (κ1) is 12.2. The lowest BCUT2D eigenvalue weighted by Crippen LogP contribution is -2.41. The Morgan fingerprint density at radius 3 is 2.64 bits per heavy atom. The molecule has 0 saturated heterocycles. The summed E-state index contributed by atoms with van der Waals surface area (Å²) in [6.07, 6.45) is 4.43. The van der Waals surface area contributed by atoms with E-state index in [9.17, 15) is 4.79 Å². The number of alkyl halides is 1. The summed E-state index contributed by atoms with van der Waals surface area (Å²) in [5.74, 6) is 0. The number of carbonyl (C=O) groups excluding carboxylic acids is 1. The molecule has 1 amide bonds.